The summed E-state index contributed by atoms with van der Waals surface area (Å²) in [5, 5.41) is 7.57. The molecular formula is C21H29ClN4O. The molecule has 0 unspecified atom stereocenters. The predicted octanol–water partition coefficient (Wildman–Crippen LogP) is 3.45. The van der Waals surface area contributed by atoms with Crippen LogP contribution in [-0.4, -0.2) is 43.4 Å². The molecule has 0 bridgehead atoms. The lowest BCUT2D eigenvalue weighted by molar-refractivity contribution is 0.0531. The number of aromatic nitrogens is 1. The molecule has 1 aliphatic rings. The van der Waals surface area contributed by atoms with Crippen LogP contribution in [0.25, 0.3) is 0 Å². The van der Waals surface area contributed by atoms with Crippen molar-refractivity contribution in [1.29, 1.82) is 0 Å². The van der Waals surface area contributed by atoms with E-state index in [2.05, 4.69) is 46.7 Å². The smallest absolute Gasteiger partial charge is 0.191 e. The highest BCUT2D eigenvalue weighted by atomic mass is 35.5. The minimum atomic E-state index is -0.0219. The molecule has 1 aliphatic heterocycles. The molecule has 0 atom stereocenters. The molecule has 27 heavy (non-hydrogen) atoms. The Labute approximate surface area is 166 Å². The van der Waals surface area contributed by atoms with E-state index in [9.17, 15) is 0 Å². The summed E-state index contributed by atoms with van der Waals surface area (Å²) < 4.78 is 7.78. The number of rotatable bonds is 7. The van der Waals surface area contributed by atoms with Crippen molar-refractivity contribution in [2.24, 2.45) is 4.99 Å². The summed E-state index contributed by atoms with van der Waals surface area (Å²) in [6, 6.07) is 12.3. The minimum absolute atomic E-state index is 0.0219. The molecule has 1 aromatic heterocycles. The summed E-state index contributed by atoms with van der Waals surface area (Å²) in [5.74, 6) is 0.859. The van der Waals surface area contributed by atoms with E-state index in [1.165, 1.54) is 5.56 Å². The molecule has 2 heterocycles. The van der Waals surface area contributed by atoms with Gasteiger partial charge in [0.25, 0.3) is 0 Å². The van der Waals surface area contributed by atoms with Crippen molar-refractivity contribution in [2.45, 2.75) is 31.7 Å². The molecule has 0 radical (unpaired) electrons. The van der Waals surface area contributed by atoms with Gasteiger partial charge in [0.05, 0.1) is 6.54 Å². The van der Waals surface area contributed by atoms with Crippen LogP contribution in [0.15, 0.2) is 53.8 Å². The van der Waals surface area contributed by atoms with Gasteiger partial charge in [0, 0.05) is 55.7 Å². The summed E-state index contributed by atoms with van der Waals surface area (Å²) in [7, 11) is 0. The number of guanidine groups is 1. The van der Waals surface area contributed by atoms with Gasteiger partial charge in [-0.25, -0.2) is 0 Å². The second-order valence-corrected chi connectivity index (χ2v) is 7.38. The van der Waals surface area contributed by atoms with Crippen LogP contribution in [0, 0.1) is 0 Å². The Bertz CT molecular complexity index is 724. The van der Waals surface area contributed by atoms with Crippen LogP contribution < -0.4 is 10.6 Å². The van der Waals surface area contributed by atoms with E-state index in [-0.39, 0.29) is 5.41 Å². The lowest BCUT2D eigenvalue weighted by Gasteiger charge is -2.36. The van der Waals surface area contributed by atoms with Crippen LogP contribution in [0.2, 0.25) is 5.02 Å². The molecule has 1 fully saturated rings. The molecule has 146 valence electrons. The van der Waals surface area contributed by atoms with E-state index >= 15 is 0 Å². The van der Waals surface area contributed by atoms with Gasteiger partial charge in [-0.2, -0.15) is 0 Å². The molecule has 0 saturated carbocycles. The van der Waals surface area contributed by atoms with Crippen molar-refractivity contribution in [3.8, 4) is 0 Å². The Kier molecular flexibility index (Phi) is 7.18. The van der Waals surface area contributed by atoms with Crippen LogP contribution in [0.4, 0.5) is 0 Å². The molecule has 6 heteroatoms. The number of hydrogen-bond acceptors (Lipinski definition) is 2. The molecule has 0 spiro atoms. The quantitative estimate of drug-likeness (QED) is 0.564. The lowest BCUT2D eigenvalue weighted by Crippen LogP contribution is -2.42. The van der Waals surface area contributed by atoms with Gasteiger partial charge < -0.3 is 19.9 Å². The van der Waals surface area contributed by atoms with Gasteiger partial charge in [-0.1, -0.05) is 23.7 Å². The summed E-state index contributed by atoms with van der Waals surface area (Å²) >= 11 is 6.26. The SMILES string of the molecule is CCNC(=NCC1(c2cccc(Cl)c2)CCOCC1)NCCn1cccc1. The van der Waals surface area contributed by atoms with E-state index in [1.54, 1.807) is 0 Å². The molecule has 1 saturated heterocycles. The number of halogens is 1. The first-order chi connectivity index (χ1) is 13.2. The highest BCUT2D eigenvalue weighted by Crippen LogP contribution is 2.36. The van der Waals surface area contributed by atoms with Crippen molar-refractivity contribution >= 4 is 17.6 Å². The van der Waals surface area contributed by atoms with Gasteiger partial charge in [0.15, 0.2) is 5.96 Å². The normalized spacial score (nSPS) is 16.9. The monoisotopic (exact) mass is 388 g/mol. The zero-order valence-corrected chi connectivity index (χ0v) is 16.7. The van der Waals surface area contributed by atoms with Crippen LogP contribution in [0.5, 0.6) is 0 Å². The maximum atomic E-state index is 6.26. The number of ether oxygens (including phenoxy) is 1. The van der Waals surface area contributed by atoms with Gasteiger partial charge >= 0.3 is 0 Å². The van der Waals surface area contributed by atoms with Crippen molar-refractivity contribution in [3.05, 3.63) is 59.4 Å². The first-order valence-electron chi connectivity index (χ1n) is 9.69. The Morgan fingerprint density at radius 2 is 1.96 bits per heavy atom. The second-order valence-electron chi connectivity index (χ2n) is 6.95. The maximum Gasteiger partial charge on any atom is 0.191 e. The van der Waals surface area contributed by atoms with E-state index in [0.717, 1.165) is 63.2 Å². The van der Waals surface area contributed by atoms with Gasteiger partial charge in [0.2, 0.25) is 0 Å². The molecule has 2 aromatic rings. The highest BCUT2D eigenvalue weighted by molar-refractivity contribution is 6.30. The van der Waals surface area contributed by atoms with Crippen molar-refractivity contribution < 1.29 is 4.74 Å². The Morgan fingerprint density at radius 3 is 2.67 bits per heavy atom. The minimum Gasteiger partial charge on any atom is -0.381 e. The molecule has 3 rings (SSSR count). The fourth-order valence-electron chi connectivity index (χ4n) is 3.51. The lowest BCUT2D eigenvalue weighted by atomic mass is 9.74. The Balaban J connectivity index is 1.70. The number of hydrogen-bond donors (Lipinski definition) is 2. The standard InChI is InChI=1S/C21H29ClN4O/c1-2-23-20(24-10-13-26-11-3-4-12-26)25-17-21(8-14-27-15-9-21)18-6-5-7-19(22)16-18/h3-7,11-12,16H,2,8-10,13-15,17H2,1H3,(H2,23,24,25). The van der Waals surface area contributed by atoms with Gasteiger partial charge in [-0.15, -0.1) is 0 Å². The number of benzene rings is 1. The van der Waals surface area contributed by atoms with Crippen molar-refractivity contribution in [2.75, 3.05) is 32.8 Å². The number of aliphatic imine (C=N–C) groups is 1. The first kappa shape index (κ1) is 19.8. The molecule has 5 nitrogen and oxygen atoms in total. The topological polar surface area (TPSA) is 50.6 Å². The molecule has 2 N–H and O–H groups in total. The summed E-state index contributed by atoms with van der Waals surface area (Å²) in [5.41, 5.74) is 1.23. The van der Waals surface area contributed by atoms with E-state index < -0.39 is 0 Å². The fraction of sp³-hybridized carbons (Fsp3) is 0.476. The third kappa shape index (κ3) is 5.50. The summed E-state index contributed by atoms with van der Waals surface area (Å²) in [6.07, 6.45) is 6.06. The third-order valence-corrected chi connectivity index (χ3v) is 5.33. The van der Waals surface area contributed by atoms with Gasteiger partial charge in [-0.05, 0) is 49.6 Å². The third-order valence-electron chi connectivity index (χ3n) is 5.10. The van der Waals surface area contributed by atoms with E-state index in [0.29, 0.717) is 0 Å². The number of nitrogens with one attached hydrogen (secondary N) is 2. The molecule has 1 aromatic carbocycles. The Hall–Kier alpha value is -1.98. The first-order valence-corrected chi connectivity index (χ1v) is 10.1. The second kappa shape index (κ2) is 9.81. The average Bonchev–Trinajstić information content (AvgIpc) is 3.20. The summed E-state index contributed by atoms with van der Waals surface area (Å²) in [6.45, 7) is 6.90. The summed E-state index contributed by atoms with van der Waals surface area (Å²) in [4.78, 5) is 4.92. The Morgan fingerprint density at radius 1 is 1.19 bits per heavy atom. The van der Waals surface area contributed by atoms with Crippen molar-refractivity contribution in [3.63, 3.8) is 0 Å². The predicted molar refractivity (Wildman–Crippen MR) is 112 cm³/mol. The zero-order valence-electron chi connectivity index (χ0n) is 16.0. The van der Waals surface area contributed by atoms with Gasteiger partial charge in [0.1, 0.15) is 0 Å². The maximum absolute atomic E-state index is 6.26. The molecule has 0 aliphatic carbocycles. The van der Waals surface area contributed by atoms with E-state index in [4.69, 9.17) is 21.3 Å². The molecular weight excluding hydrogens is 360 g/mol. The zero-order chi connectivity index (χ0) is 19.0. The number of nitrogens with zero attached hydrogens (tertiary/aromatic N) is 2. The fourth-order valence-corrected chi connectivity index (χ4v) is 3.70. The van der Waals surface area contributed by atoms with Crippen LogP contribution in [0.3, 0.4) is 0 Å². The van der Waals surface area contributed by atoms with E-state index in [1.807, 2.05) is 24.3 Å². The van der Waals surface area contributed by atoms with Crippen molar-refractivity contribution in [1.82, 2.24) is 15.2 Å². The highest BCUT2D eigenvalue weighted by Gasteiger charge is 2.34. The average molecular weight is 389 g/mol. The largest absolute Gasteiger partial charge is 0.381 e. The van der Waals surface area contributed by atoms with Crippen LogP contribution in [0.1, 0.15) is 25.3 Å². The van der Waals surface area contributed by atoms with Crippen LogP contribution in [-0.2, 0) is 16.7 Å². The molecule has 0 amide bonds. The van der Waals surface area contributed by atoms with Crippen LogP contribution >= 0.6 is 11.6 Å². The van der Waals surface area contributed by atoms with Gasteiger partial charge in [-0.3, -0.25) is 4.99 Å².